The molecular formula is C12H12ClF3N2O. The molecule has 1 fully saturated rings. The minimum absolute atomic E-state index is 0.0123. The molecule has 19 heavy (non-hydrogen) atoms. The van der Waals surface area contributed by atoms with Crippen LogP contribution in [0.15, 0.2) is 18.2 Å². The van der Waals surface area contributed by atoms with Crippen molar-refractivity contribution >= 4 is 23.2 Å². The monoisotopic (exact) mass is 292 g/mol. The first kappa shape index (κ1) is 14.0. The van der Waals surface area contributed by atoms with Crippen LogP contribution >= 0.6 is 11.6 Å². The summed E-state index contributed by atoms with van der Waals surface area (Å²) in [5, 5.41) is 5.41. The lowest BCUT2D eigenvalue weighted by molar-refractivity contribution is -0.137. The number of hydrogen-bond donors (Lipinski definition) is 2. The molecular weight excluding hydrogens is 281 g/mol. The van der Waals surface area contributed by atoms with Gasteiger partial charge in [0.1, 0.15) is 0 Å². The third-order valence-corrected chi connectivity index (χ3v) is 2.99. The van der Waals surface area contributed by atoms with Crippen molar-refractivity contribution in [2.75, 3.05) is 11.9 Å². The molecule has 7 heteroatoms. The highest BCUT2D eigenvalue weighted by atomic mass is 35.5. The normalized spacial score (nSPS) is 15.2. The molecule has 0 aliphatic heterocycles. The van der Waals surface area contributed by atoms with Crippen LogP contribution in [0.1, 0.15) is 18.4 Å². The van der Waals surface area contributed by atoms with Gasteiger partial charge >= 0.3 is 6.18 Å². The fourth-order valence-electron chi connectivity index (χ4n) is 1.52. The number of benzene rings is 1. The first-order chi connectivity index (χ1) is 8.86. The average molecular weight is 293 g/mol. The van der Waals surface area contributed by atoms with E-state index in [1.807, 2.05) is 0 Å². The lowest BCUT2D eigenvalue weighted by Gasteiger charge is -2.11. The van der Waals surface area contributed by atoms with E-state index in [1.54, 1.807) is 0 Å². The number of rotatable bonds is 4. The molecule has 0 heterocycles. The molecule has 1 aliphatic rings. The van der Waals surface area contributed by atoms with E-state index in [0.29, 0.717) is 5.69 Å². The second-order valence-electron chi connectivity index (χ2n) is 4.39. The molecule has 3 nitrogen and oxygen atoms in total. The number of hydrogen-bond acceptors (Lipinski definition) is 2. The summed E-state index contributed by atoms with van der Waals surface area (Å²) in [4.78, 5) is 11.4. The van der Waals surface area contributed by atoms with Gasteiger partial charge in [0, 0.05) is 6.04 Å². The van der Waals surface area contributed by atoms with E-state index in [4.69, 9.17) is 11.6 Å². The number of anilines is 1. The first-order valence-corrected chi connectivity index (χ1v) is 6.14. The molecule has 0 bridgehead atoms. The van der Waals surface area contributed by atoms with Gasteiger partial charge in [0.05, 0.1) is 22.8 Å². The Bertz CT molecular complexity index is 486. The zero-order chi connectivity index (χ0) is 14.0. The van der Waals surface area contributed by atoms with Gasteiger partial charge < -0.3 is 10.6 Å². The van der Waals surface area contributed by atoms with Crippen molar-refractivity contribution in [2.24, 2.45) is 0 Å². The quantitative estimate of drug-likeness (QED) is 0.895. The summed E-state index contributed by atoms with van der Waals surface area (Å²) in [7, 11) is 0. The topological polar surface area (TPSA) is 41.1 Å². The summed E-state index contributed by atoms with van der Waals surface area (Å²) >= 11 is 5.74. The molecule has 2 rings (SSSR count). The summed E-state index contributed by atoms with van der Waals surface area (Å²) in [5.74, 6) is -0.196. The predicted octanol–water partition coefficient (Wildman–Crippen LogP) is 3.05. The zero-order valence-corrected chi connectivity index (χ0v) is 10.6. The molecule has 0 unspecified atom stereocenters. The number of nitrogens with one attached hydrogen (secondary N) is 2. The Labute approximate surface area is 113 Å². The van der Waals surface area contributed by atoms with Gasteiger partial charge in [-0.15, -0.1) is 0 Å². The van der Waals surface area contributed by atoms with Crippen LogP contribution in [-0.4, -0.2) is 18.5 Å². The van der Waals surface area contributed by atoms with Crippen molar-refractivity contribution in [1.82, 2.24) is 5.32 Å². The zero-order valence-electron chi connectivity index (χ0n) is 9.85. The number of halogens is 4. The minimum Gasteiger partial charge on any atom is -0.375 e. The summed E-state index contributed by atoms with van der Waals surface area (Å²) in [6.45, 7) is -0.0123. The maximum Gasteiger partial charge on any atom is 0.416 e. The third kappa shape index (κ3) is 4.02. The maximum absolute atomic E-state index is 12.4. The molecule has 1 aliphatic carbocycles. The Morgan fingerprint density at radius 1 is 1.37 bits per heavy atom. The van der Waals surface area contributed by atoms with Crippen molar-refractivity contribution in [3.63, 3.8) is 0 Å². The van der Waals surface area contributed by atoms with Crippen molar-refractivity contribution in [2.45, 2.75) is 25.1 Å². The Morgan fingerprint density at radius 3 is 2.58 bits per heavy atom. The third-order valence-electron chi connectivity index (χ3n) is 2.68. The van der Waals surface area contributed by atoms with Crippen LogP contribution in [0.2, 0.25) is 5.02 Å². The van der Waals surface area contributed by atoms with E-state index >= 15 is 0 Å². The second kappa shape index (κ2) is 5.28. The molecule has 0 radical (unpaired) electrons. The van der Waals surface area contributed by atoms with Crippen LogP contribution < -0.4 is 10.6 Å². The van der Waals surface area contributed by atoms with E-state index in [0.717, 1.165) is 25.0 Å². The number of amides is 1. The highest BCUT2D eigenvalue weighted by Crippen LogP contribution is 2.33. The van der Waals surface area contributed by atoms with Gasteiger partial charge in [-0.25, -0.2) is 0 Å². The number of carbonyl (C=O) groups is 1. The Hall–Kier alpha value is -1.43. The largest absolute Gasteiger partial charge is 0.416 e. The molecule has 0 aromatic heterocycles. The Balaban J connectivity index is 1.94. The van der Waals surface area contributed by atoms with Crippen LogP contribution in [0.25, 0.3) is 0 Å². The minimum atomic E-state index is -4.43. The summed E-state index contributed by atoms with van der Waals surface area (Å²) in [6, 6.07) is 3.23. The molecule has 104 valence electrons. The van der Waals surface area contributed by atoms with E-state index in [2.05, 4.69) is 10.6 Å². The summed E-state index contributed by atoms with van der Waals surface area (Å²) in [5.41, 5.74) is -0.508. The lowest BCUT2D eigenvalue weighted by atomic mass is 10.2. The maximum atomic E-state index is 12.4. The number of carbonyl (C=O) groups excluding carboxylic acids is 1. The van der Waals surface area contributed by atoms with Crippen molar-refractivity contribution in [3.8, 4) is 0 Å². The predicted molar refractivity (Wildman–Crippen MR) is 66.1 cm³/mol. The lowest BCUT2D eigenvalue weighted by Crippen LogP contribution is -2.31. The smallest absolute Gasteiger partial charge is 0.375 e. The van der Waals surface area contributed by atoms with Gasteiger partial charge in [-0.2, -0.15) is 13.2 Å². The van der Waals surface area contributed by atoms with Gasteiger partial charge in [0.2, 0.25) is 5.91 Å². The molecule has 2 N–H and O–H groups in total. The van der Waals surface area contributed by atoms with Crippen LogP contribution in [-0.2, 0) is 11.0 Å². The van der Waals surface area contributed by atoms with Crippen LogP contribution in [0.4, 0.5) is 18.9 Å². The number of alkyl halides is 3. The molecule has 1 amide bonds. The van der Waals surface area contributed by atoms with E-state index in [-0.39, 0.29) is 23.5 Å². The second-order valence-corrected chi connectivity index (χ2v) is 4.79. The van der Waals surface area contributed by atoms with E-state index < -0.39 is 11.7 Å². The van der Waals surface area contributed by atoms with Gasteiger partial charge in [-0.3, -0.25) is 4.79 Å². The van der Waals surface area contributed by atoms with Crippen LogP contribution in [0.5, 0.6) is 0 Å². The average Bonchev–Trinajstić information content (AvgIpc) is 3.10. The summed E-state index contributed by atoms with van der Waals surface area (Å²) in [6.07, 6.45) is -2.47. The van der Waals surface area contributed by atoms with E-state index in [1.165, 1.54) is 6.07 Å². The van der Waals surface area contributed by atoms with E-state index in [9.17, 15) is 18.0 Å². The first-order valence-electron chi connectivity index (χ1n) is 5.76. The summed E-state index contributed by atoms with van der Waals surface area (Å²) < 4.78 is 37.3. The Kier molecular flexibility index (Phi) is 3.89. The standard InChI is InChI=1S/C12H12ClF3N2O/c13-9-5-7(12(14,15)16)1-4-10(9)17-6-11(19)18-8-2-3-8/h1,4-5,8,17H,2-3,6H2,(H,18,19). The molecule has 0 spiro atoms. The van der Waals surface area contributed by atoms with Gasteiger partial charge in [0.15, 0.2) is 0 Å². The van der Waals surface area contributed by atoms with Crippen molar-refractivity contribution in [1.29, 1.82) is 0 Å². The highest BCUT2D eigenvalue weighted by Gasteiger charge is 2.31. The van der Waals surface area contributed by atoms with Crippen LogP contribution in [0.3, 0.4) is 0 Å². The van der Waals surface area contributed by atoms with Gasteiger partial charge in [-0.05, 0) is 31.0 Å². The molecule has 0 saturated heterocycles. The molecule has 1 saturated carbocycles. The fourth-order valence-corrected chi connectivity index (χ4v) is 1.76. The molecule has 1 aromatic carbocycles. The van der Waals surface area contributed by atoms with Gasteiger partial charge in [0.25, 0.3) is 0 Å². The fraction of sp³-hybridized carbons (Fsp3) is 0.417. The van der Waals surface area contributed by atoms with Crippen molar-refractivity contribution in [3.05, 3.63) is 28.8 Å². The van der Waals surface area contributed by atoms with Gasteiger partial charge in [-0.1, -0.05) is 11.6 Å². The van der Waals surface area contributed by atoms with Crippen LogP contribution in [0, 0.1) is 0 Å². The molecule has 1 aromatic rings. The van der Waals surface area contributed by atoms with Crippen molar-refractivity contribution < 1.29 is 18.0 Å². The SMILES string of the molecule is O=C(CNc1ccc(C(F)(F)F)cc1Cl)NC1CC1. The molecule has 0 atom stereocenters. The highest BCUT2D eigenvalue weighted by molar-refractivity contribution is 6.33. The Morgan fingerprint density at radius 2 is 2.05 bits per heavy atom.